The highest BCUT2D eigenvalue weighted by Gasteiger charge is 2.28. The first-order chi connectivity index (χ1) is 7.70. The van der Waals surface area contributed by atoms with Crippen LogP contribution in [0.2, 0.25) is 0 Å². The van der Waals surface area contributed by atoms with Crippen molar-refractivity contribution < 1.29 is 4.79 Å². The van der Waals surface area contributed by atoms with Crippen LogP contribution < -0.4 is 0 Å². The minimum absolute atomic E-state index is 0.188. The SMILES string of the molecule is CCN(C)C(=O)N1CCN(CC2CC2)CC1. The predicted molar refractivity (Wildman–Crippen MR) is 64.4 cm³/mol. The molecule has 0 spiro atoms. The van der Waals surface area contributed by atoms with E-state index in [4.69, 9.17) is 0 Å². The van der Waals surface area contributed by atoms with Crippen molar-refractivity contribution in [1.82, 2.24) is 14.7 Å². The van der Waals surface area contributed by atoms with Crippen molar-refractivity contribution >= 4 is 6.03 Å². The van der Waals surface area contributed by atoms with Gasteiger partial charge in [0.15, 0.2) is 0 Å². The molecule has 4 nitrogen and oxygen atoms in total. The van der Waals surface area contributed by atoms with Crippen molar-refractivity contribution in [2.45, 2.75) is 19.8 Å². The van der Waals surface area contributed by atoms with Crippen LogP contribution in [-0.2, 0) is 0 Å². The van der Waals surface area contributed by atoms with Gasteiger partial charge in [-0.1, -0.05) is 0 Å². The van der Waals surface area contributed by atoms with E-state index in [1.54, 1.807) is 4.90 Å². The summed E-state index contributed by atoms with van der Waals surface area (Å²) in [7, 11) is 1.87. The number of amides is 2. The van der Waals surface area contributed by atoms with Crippen LogP contribution in [0.3, 0.4) is 0 Å². The minimum Gasteiger partial charge on any atom is -0.328 e. The number of carbonyl (C=O) groups is 1. The van der Waals surface area contributed by atoms with Gasteiger partial charge in [-0.15, -0.1) is 0 Å². The van der Waals surface area contributed by atoms with Crippen LogP contribution >= 0.6 is 0 Å². The Morgan fingerprint density at radius 1 is 1.25 bits per heavy atom. The number of carbonyl (C=O) groups excluding carboxylic acids is 1. The molecule has 2 amide bonds. The maximum atomic E-state index is 11.9. The average molecular weight is 225 g/mol. The summed E-state index contributed by atoms with van der Waals surface area (Å²) in [5.74, 6) is 0.959. The van der Waals surface area contributed by atoms with Gasteiger partial charge in [-0.3, -0.25) is 4.90 Å². The second-order valence-electron chi connectivity index (χ2n) is 5.03. The highest BCUT2D eigenvalue weighted by atomic mass is 16.2. The van der Waals surface area contributed by atoms with Crippen LogP contribution in [0, 0.1) is 5.92 Å². The second-order valence-corrected chi connectivity index (χ2v) is 5.03. The standard InChI is InChI=1S/C12H23N3O/c1-3-13(2)12(16)15-8-6-14(7-9-15)10-11-4-5-11/h11H,3-10H2,1-2H3. The molecule has 0 bridgehead atoms. The molecule has 0 unspecified atom stereocenters. The summed E-state index contributed by atoms with van der Waals surface area (Å²) in [5.41, 5.74) is 0. The molecule has 0 atom stereocenters. The summed E-state index contributed by atoms with van der Waals surface area (Å²) in [5, 5.41) is 0. The zero-order valence-corrected chi connectivity index (χ0v) is 10.5. The Bertz CT molecular complexity index is 245. The highest BCUT2D eigenvalue weighted by Crippen LogP contribution is 2.29. The quantitative estimate of drug-likeness (QED) is 0.719. The lowest BCUT2D eigenvalue weighted by molar-refractivity contribution is 0.117. The number of nitrogens with zero attached hydrogens (tertiary/aromatic N) is 3. The van der Waals surface area contributed by atoms with Crippen molar-refractivity contribution in [3.8, 4) is 0 Å². The smallest absolute Gasteiger partial charge is 0.319 e. The molecular weight excluding hydrogens is 202 g/mol. The Balaban J connectivity index is 1.73. The van der Waals surface area contributed by atoms with Gasteiger partial charge >= 0.3 is 6.03 Å². The van der Waals surface area contributed by atoms with Crippen LogP contribution in [0.5, 0.6) is 0 Å². The van der Waals surface area contributed by atoms with E-state index in [0.29, 0.717) is 0 Å². The van der Waals surface area contributed by atoms with Gasteiger partial charge in [0, 0.05) is 46.3 Å². The second kappa shape index (κ2) is 5.04. The first-order valence-corrected chi connectivity index (χ1v) is 6.43. The molecule has 0 N–H and O–H groups in total. The summed E-state index contributed by atoms with van der Waals surface area (Å²) < 4.78 is 0. The monoisotopic (exact) mass is 225 g/mol. The lowest BCUT2D eigenvalue weighted by atomic mass is 10.3. The van der Waals surface area contributed by atoms with Gasteiger partial charge < -0.3 is 9.80 Å². The third kappa shape index (κ3) is 2.88. The van der Waals surface area contributed by atoms with E-state index in [2.05, 4.69) is 4.90 Å². The topological polar surface area (TPSA) is 26.8 Å². The van der Waals surface area contributed by atoms with Crippen LogP contribution in [0.1, 0.15) is 19.8 Å². The van der Waals surface area contributed by atoms with E-state index in [1.807, 2.05) is 18.9 Å². The number of piperazine rings is 1. The zero-order chi connectivity index (χ0) is 11.5. The van der Waals surface area contributed by atoms with Gasteiger partial charge in [-0.05, 0) is 25.7 Å². The van der Waals surface area contributed by atoms with E-state index in [9.17, 15) is 4.79 Å². The number of rotatable bonds is 3. The van der Waals surface area contributed by atoms with Crippen molar-refractivity contribution in [3.63, 3.8) is 0 Å². The molecule has 1 heterocycles. The molecule has 0 aromatic carbocycles. The van der Waals surface area contributed by atoms with Gasteiger partial charge in [0.1, 0.15) is 0 Å². The van der Waals surface area contributed by atoms with Gasteiger partial charge in [0.25, 0.3) is 0 Å². The summed E-state index contributed by atoms with van der Waals surface area (Å²) in [6.07, 6.45) is 2.83. The lowest BCUT2D eigenvalue weighted by Crippen LogP contribution is -2.52. The summed E-state index contributed by atoms with van der Waals surface area (Å²) in [6.45, 7) is 7.97. The minimum atomic E-state index is 0.188. The van der Waals surface area contributed by atoms with Gasteiger partial charge in [0.2, 0.25) is 0 Å². The van der Waals surface area contributed by atoms with E-state index in [1.165, 1.54) is 19.4 Å². The van der Waals surface area contributed by atoms with Crippen molar-refractivity contribution in [2.75, 3.05) is 46.3 Å². The molecule has 1 aliphatic heterocycles. The Morgan fingerprint density at radius 2 is 1.88 bits per heavy atom. The Hall–Kier alpha value is -0.770. The third-order valence-corrected chi connectivity index (χ3v) is 3.66. The van der Waals surface area contributed by atoms with Crippen LogP contribution in [0.15, 0.2) is 0 Å². The van der Waals surface area contributed by atoms with E-state index < -0.39 is 0 Å². The average Bonchev–Trinajstić information content (AvgIpc) is 3.12. The van der Waals surface area contributed by atoms with Crippen molar-refractivity contribution in [1.29, 1.82) is 0 Å². The molecule has 0 radical (unpaired) electrons. The number of hydrogen-bond donors (Lipinski definition) is 0. The zero-order valence-electron chi connectivity index (χ0n) is 10.5. The largest absolute Gasteiger partial charge is 0.328 e. The lowest BCUT2D eigenvalue weighted by Gasteiger charge is -2.36. The summed E-state index contributed by atoms with van der Waals surface area (Å²) >= 11 is 0. The van der Waals surface area contributed by atoms with E-state index in [-0.39, 0.29) is 6.03 Å². The van der Waals surface area contributed by atoms with Gasteiger partial charge in [-0.25, -0.2) is 4.79 Å². The van der Waals surface area contributed by atoms with Crippen LogP contribution in [0.4, 0.5) is 4.79 Å². The van der Waals surface area contributed by atoms with E-state index >= 15 is 0 Å². The summed E-state index contributed by atoms with van der Waals surface area (Å²) in [4.78, 5) is 18.2. The number of urea groups is 1. The third-order valence-electron chi connectivity index (χ3n) is 3.66. The number of hydrogen-bond acceptors (Lipinski definition) is 2. The maximum Gasteiger partial charge on any atom is 0.319 e. The molecule has 0 aromatic rings. The molecule has 92 valence electrons. The Morgan fingerprint density at radius 3 is 2.38 bits per heavy atom. The molecule has 16 heavy (non-hydrogen) atoms. The fourth-order valence-corrected chi connectivity index (χ4v) is 2.16. The first kappa shape index (κ1) is 11.7. The van der Waals surface area contributed by atoms with Crippen LogP contribution in [0.25, 0.3) is 0 Å². The maximum absolute atomic E-state index is 11.9. The van der Waals surface area contributed by atoms with Crippen LogP contribution in [-0.4, -0.2) is 67.0 Å². The predicted octanol–water partition coefficient (Wildman–Crippen LogP) is 1.09. The molecule has 0 aromatic heterocycles. The molecular formula is C12H23N3O. The molecule has 2 rings (SSSR count). The summed E-state index contributed by atoms with van der Waals surface area (Å²) in [6, 6.07) is 0.188. The van der Waals surface area contributed by atoms with Crippen molar-refractivity contribution in [2.24, 2.45) is 5.92 Å². The fourth-order valence-electron chi connectivity index (χ4n) is 2.16. The fraction of sp³-hybridized carbons (Fsp3) is 0.917. The normalized spacial score (nSPS) is 22.2. The molecule has 1 saturated heterocycles. The Labute approximate surface area is 98.2 Å². The first-order valence-electron chi connectivity index (χ1n) is 6.43. The van der Waals surface area contributed by atoms with Crippen molar-refractivity contribution in [3.05, 3.63) is 0 Å². The molecule has 1 aliphatic carbocycles. The molecule has 2 fully saturated rings. The Kier molecular flexibility index (Phi) is 3.69. The molecule has 1 saturated carbocycles. The molecule has 4 heteroatoms. The highest BCUT2D eigenvalue weighted by molar-refractivity contribution is 5.74. The molecule has 2 aliphatic rings. The van der Waals surface area contributed by atoms with Gasteiger partial charge in [0.05, 0.1) is 0 Å². The van der Waals surface area contributed by atoms with Gasteiger partial charge in [-0.2, -0.15) is 0 Å². The van der Waals surface area contributed by atoms with E-state index in [0.717, 1.165) is 38.6 Å².